The van der Waals surface area contributed by atoms with Gasteiger partial charge in [0.2, 0.25) is 0 Å². The van der Waals surface area contributed by atoms with Gasteiger partial charge in [0.05, 0.1) is 12.3 Å². The first-order valence-electron chi connectivity index (χ1n) is 5.15. The lowest BCUT2D eigenvalue weighted by Crippen LogP contribution is -2.09. The van der Waals surface area contributed by atoms with Gasteiger partial charge in [0, 0.05) is 11.6 Å². The van der Waals surface area contributed by atoms with Crippen molar-refractivity contribution >= 4 is 22.6 Å². The average Bonchev–Trinajstić information content (AvgIpc) is 2.31. The van der Waals surface area contributed by atoms with Crippen molar-refractivity contribution in [1.82, 2.24) is 4.98 Å². The molecule has 0 aliphatic carbocycles. The maximum Gasteiger partial charge on any atom is 0.341 e. The molecule has 0 fully saturated rings. The minimum atomic E-state index is -0.552. The first-order chi connectivity index (χ1) is 8.15. The fourth-order valence-electron chi connectivity index (χ4n) is 1.58. The zero-order chi connectivity index (χ0) is 12.4. The van der Waals surface area contributed by atoms with E-state index in [4.69, 9.17) is 10.5 Å². The fourth-order valence-corrected chi connectivity index (χ4v) is 1.58. The second-order valence-electron chi connectivity index (χ2n) is 3.44. The van der Waals surface area contributed by atoms with Gasteiger partial charge in [-0.3, -0.25) is 4.98 Å². The highest BCUT2D eigenvalue weighted by atomic mass is 19.1. The molecule has 2 rings (SSSR count). The van der Waals surface area contributed by atoms with E-state index in [1.807, 2.05) is 0 Å². The highest BCUT2D eigenvalue weighted by Gasteiger charge is 2.15. The summed E-state index contributed by atoms with van der Waals surface area (Å²) in [4.78, 5) is 15.4. The van der Waals surface area contributed by atoms with Crippen LogP contribution in [0.25, 0.3) is 10.9 Å². The number of carbonyl (C=O) groups is 1. The summed E-state index contributed by atoms with van der Waals surface area (Å²) in [7, 11) is 0. The molecule has 0 atom stereocenters. The Kier molecular flexibility index (Phi) is 2.91. The molecule has 5 heteroatoms. The number of benzene rings is 1. The first kappa shape index (κ1) is 11.3. The maximum atomic E-state index is 13.4. The van der Waals surface area contributed by atoms with Gasteiger partial charge in [-0.15, -0.1) is 0 Å². The van der Waals surface area contributed by atoms with Crippen molar-refractivity contribution in [3.05, 3.63) is 35.8 Å². The quantitative estimate of drug-likeness (QED) is 0.808. The van der Waals surface area contributed by atoms with Crippen LogP contribution in [0.1, 0.15) is 17.3 Å². The van der Waals surface area contributed by atoms with Crippen LogP contribution < -0.4 is 5.73 Å². The van der Waals surface area contributed by atoms with Gasteiger partial charge in [-0.05, 0) is 13.0 Å². The molecule has 0 amide bonds. The van der Waals surface area contributed by atoms with Crippen LogP contribution in [-0.2, 0) is 4.74 Å². The second kappa shape index (κ2) is 4.37. The third-order valence-electron chi connectivity index (χ3n) is 2.39. The van der Waals surface area contributed by atoms with Gasteiger partial charge in [0.25, 0.3) is 0 Å². The van der Waals surface area contributed by atoms with Crippen LogP contribution in [0.2, 0.25) is 0 Å². The van der Waals surface area contributed by atoms with E-state index in [1.54, 1.807) is 13.0 Å². The Hall–Kier alpha value is -2.17. The van der Waals surface area contributed by atoms with Gasteiger partial charge >= 0.3 is 5.97 Å². The number of nitrogens with zero attached hydrogens (tertiary/aromatic N) is 1. The van der Waals surface area contributed by atoms with Crippen molar-refractivity contribution in [2.45, 2.75) is 6.92 Å². The predicted octanol–water partition coefficient (Wildman–Crippen LogP) is 2.13. The number of anilines is 1. The van der Waals surface area contributed by atoms with Crippen LogP contribution in [0.4, 0.5) is 10.1 Å². The Labute approximate surface area is 97.2 Å². The van der Waals surface area contributed by atoms with E-state index in [0.29, 0.717) is 5.39 Å². The molecular weight excluding hydrogens is 223 g/mol. The first-order valence-corrected chi connectivity index (χ1v) is 5.15. The van der Waals surface area contributed by atoms with Gasteiger partial charge < -0.3 is 10.5 Å². The number of carbonyl (C=O) groups excluding carboxylic acids is 1. The summed E-state index contributed by atoms with van der Waals surface area (Å²) in [6, 6.07) is 4.42. The zero-order valence-electron chi connectivity index (χ0n) is 9.24. The number of fused-ring (bicyclic) bond motifs is 1. The number of hydrogen-bond donors (Lipinski definition) is 1. The molecule has 17 heavy (non-hydrogen) atoms. The molecule has 1 aromatic carbocycles. The molecule has 2 aromatic rings. The van der Waals surface area contributed by atoms with E-state index in [1.165, 1.54) is 18.3 Å². The fraction of sp³-hybridized carbons (Fsp3) is 0.167. The minimum absolute atomic E-state index is 0.151. The van der Waals surface area contributed by atoms with Crippen LogP contribution in [0.5, 0.6) is 0 Å². The summed E-state index contributed by atoms with van der Waals surface area (Å²) >= 11 is 0. The number of rotatable bonds is 2. The van der Waals surface area contributed by atoms with E-state index in [2.05, 4.69) is 4.98 Å². The molecule has 0 radical (unpaired) electrons. The Bertz CT molecular complexity index is 584. The third kappa shape index (κ3) is 1.91. The molecule has 1 aromatic heterocycles. The van der Waals surface area contributed by atoms with E-state index in [-0.39, 0.29) is 23.4 Å². The van der Waals surface area contributed by atoms with Crippen molar-refractivity contribution in [3.63, 3.8) is 0 Å². The lowest BCUT2D eigenvalue weighted by Gasteiger charge is -2.07. The molecule has 1 heterocycles. The number of para-hydroxylation sites is 1. The van der Waals surface area contributed by atoms with Crippen LogP contribution >= 0.6 is 0 Å². The van der Waals surface area contributed by atoms with E-state index in [9.17, 15) is 9.18 Å². The smallest absolute Gasteiger partial charge is 0.341 e. The van der Waals surface area contributed by atoms with Gasteiger partial charge in [-0.25, -0.2) is 9.18 Å². The molecule has 0 spiro atoms. The van der Waals surface area contributed by atoms with Gasteiger partial charge in [-0.2, -0.15) is 0 Å². The maximum absolute atomic E-state index is 13.4. The molecular formula is C12H11FN2O2. The number of nitrogens with two attached hydrogens (primary N) is 1. The Balaban J connectivity index is 2.62. The molecule has 88 valence electrons. The number of nitrogen functional groups attached to an aromatic ring is 1. The topological polar surface area (TPSA) is 65.2 Å². The van der Waals surface area contributed by atoms with Crippen LogP contribution in [0.15, 0.2) is 24.4 Å². The Morgan fingerprint density at radius 1 is 1.53 bits per heavy atom. The van der Waals surface area contributed by atoms with Gasteiger partial charge in [-0.1, -0.05) is 12.1 Å². The second-order valence-corrected chi connectivity index (χ2v) is 3.44. The number of aromatic nitrogens is 1. The van der Waals surface area contributed by atoms with Crippen molar-refractivity contribution in [3.8, 4) is 0 Å². The monoisotopic (exact) mass is 234 g/mol. The molecule has 0 aliphatic heterocycles. The van der Waals surface area contributed by atoms with Crippen molar-refractivity contribution in [2.75, 3.05) is 12.3 Å². The number of esters is 1. The summed E-state index contributed by atoms with van der Waals surface area (Å²) in [5, 5.41) is 0.413. The van der Waals surface area contributed by atoms with Crippen molar-refractivity contribution in [1.29, 1.82) is 0 Å². The van der Waals surface area contributed by atoms with E-state index < -0.39 is 11.8 Å². The van der Waals surface area contributed by atoms with Crippen LogP contribution in [-0.4, -0.2) is 17.6 Å². The molecule has 2 N–H and O–H groups in total. The average molecular weight is 234 g/mol. The highest BCUT2D eigenvalue weighted by molar-refractivity contribution is 6.03. The van der Waals surface area contributed by atoms with Crippen molar-refractivity contribution in [2.24, 2.45) is 0 Å². The normalized spacial score (nSPS) is 10.5. The van der Waals surface area contributed by atoms with E-state index >= 15 is 0 Å². The molecule has 0 bridgehead atoms. The predicted molar refractivity (Wildman–Crippen MR) is 62.1 cm³/mol. The van der Waals surface area contributed by atoms with Crippen LogP contribution in [0.3, 0.4) is 0 Å². The Morgan fingerprint density at radius 3 is 3.00 bits per heavy atom. The summed E-state index contributed by atoms with van der Waals surface area (Å²) in [6.45, 7) is 1.95. The lowest BCUT2D eigenvalue weighted by molar-refractivity contribution is 0.0527. The summed E-state index contributed by atoms with van der Waals surface area (Å²) in [6.07, 6.45) is 1.23. The largest absolute Gasteiger partial charge is 0.462 e. The molecule has 0 saturated heterocycles. The van der Waals surface area contributed by atoms with Gasteiger partial charge in [0.15, 0.2) is 0 Å². The van der Waals surface area contributed by atoms with Gasteiger partial charge in [0.1, 0.15) is 16.9 Å². The standard InChI is InChI=1S/C12H11FN2O2/c1-2-17-12(16)8-6-15-11-7(10(8)14)4-3-5-9(11)13/h3-6H,2H2,1H3,(H2,14,15). The molecule has 0 saturated carbocycles. The molecule has 4 nitrogen and oxygen atoms in total. The van der Waals surface area contributed by atoms with E-state index in [0.717, 1.165) is 0 Å². The third-order valence-corrected chi connectivity index (χ3v) is 2.39. The number of hydrogen-bond acceptors (Lipinski definition) is 4. The number of halogens is 1. The number of pyridine rings is 1. The summed E-state index contributed by atoms with van der Waals surface area (Å²) in [5.41, 5.74) is 6.31. The van der Waals surface area contributed by atoms with Crippen LogP contribution in [0, 0.1) is 5.82 Å². The zero-order valence-corrected chi connectivity index (χ0v) is 9.24. The summed E-state index contributed by atoms with van der Waals surface area (Å²) < 4.78 is 18.2. The Morgan fingerprint density at radius 2 is 2.29 bits per heavy atom. The number of ether oxygens (including phenoxy) is 1. The minimum Gasteiger partial charge on any atom is -0.462 e. The lowest BCUT2D eigenvalue weighted by atomic mass is 10.1. The van der Waals surface area contributed by atoms with Crippen molar-refractivity contribution < 1.29 is 13.9 Å². The molecule has 0 aliphatic rings. The SMILES string of the molecule is CCOC(=O)c1cnc2c(F)cccc2c1N. The highest BCUT2D eigenvalue weighted by Crippen LogP contribution is 2.25. The summed E-state index contributed by atoms with van der Waals surface area (Å²) in [5.74, 6) is -1.02. The molecule has 0 unspecified atom stereocenters.